The van der Waals surface area contributed by atoms with Crippen LogP contribution in [0.3, 0.4) is 0 Å². The highest BCUT2D eigenvalue weighted by molar-refractivity contribution is 5.91. The summed E-state index contributed by atoms with van der Waals surface area (Å²) >= 11 is 0. The first-order valence-electron chi connectivity index (χ1n) is 8.79. The van der Waals surface area contributed by atoms with Crippen LogP contribution in [0.15, 0.2) is 60.7 Å². The Hall–Kier alpha value is -3.45. The third kappa shape index (κ3) is 4.27. The first-order valence-corrected chi connectivity index (χ1v) is 8.79. The number of hydrogen-bond donors (Lipinski definition) is 0. The van der Waals surface area contributed by atoms with Gasteiger partial charge in [0.25, 0.3) is 0 Å². The zero-order valence-corrected chi connectivity index (χ0v) is 15.3. The van der Waals surface area contributed by atoms with Crippen molar-refractivity contribution in [1.29, 1.82) is 0 Å². The Morgan fingerprint density at radius 2 is 1.54 bits per heavy atom. The Balaban J connectivity index is 1.73. The quantitative estimate of drug-likeness (QED) is 0.323. The van der Waals surface area contributed by atoms with E-state index in [4.69, 9.17) is 11.2 Å². The summed E-state index contributed by atoms with van der Waals surface area (Å²) in [5, 5.41) is 0. The molecule has 28 heavy (non-hydrogen) atoms. The number of carbonyl (C=O) groups excluding carboxylic acids is 1. The van der Waals surface area contributed by atoms with Gasteiger partial charge in [-0.2, -0.15) is 4.39 Å². The fourth-order valence-corrected chi connectivity index (χ4v) is 2.75. The number of halogens is 2. The van der Waals surface area contributed by atoms with Crippen LogP contribution < -0.4 is 4.74 Å². The average molecular weight is 376 g/mol. The maximum Gasteiger partial charge on any atom is 0.343 e. The second-order valence-electron chi connectivity index (χ2n) is 6.38. The molecule has 3 aromatic carbocycles. The highest BCUT2D eigenvalue weighted by Crippen LogP contribution is 2.24. The molecular formula is C24H18F2O2. The van der Waals surface area contributed by atoms with Gasteiger partial charge in [-0.3, -0.25) is 0 Å². The van der Waals surface area contributed by atoms with Crippen molar-refractivity contribution < 1.29 is 18.3 Å². The van der Waals surface area contributed by atoms with Crippen molar-refractivity contribution in [3.8, 4) is 29.2 Å². The van der Waals surface area contributed by atoms with E-state index >= 15 is 0 Å². The van der Waals surface area contributed by atoms with Crippen molar-refractivity contribution in [2.45, 2.75) is 19.8 Å². The molecule has 3 aromatic rings. The molecule has 2 nitrogen and oxygen atoms in total. The van der Waals surface area contributed by atoms with Crippen molar-refractivity contribution in [2.75, 3.05) is 0 Å². The van der Waals surface area contributed by atoms with Gasteiger partial charge in [0.2, 0.25) is 5.82 Å². The van der Waals surface area contributed by atoms with E-state index in [1.54, 1.807) is 24.3 Å². The average Bonchev–Trinajstić information content (AvgIpc) is 2.73. The van der Waals surface area contributed by atoms with E-state index < -0.39 is 23.4 Å². The maximum absolute atomic E-state index is 13.9. The molecule has 0 aliphatic rings. The minimum atomic E-state index is -1.17. The van der Waals surface area contributed by atoms with Gasteiger partial charge in [-0.05, 0) is 53.8 Å². The lowest BCUT2D eigenvalue weighted by Gasteiger charge is -2.08. The minimum absolute atomic E-state index is 0.145. The summed E-state index contributed by atoms with van der Waals surface area (Å²) < 4.78 is 32.5. The molecule has 3 rings (SSSR count). The second-order valence-corrected chi connectivity index (χ2v) is 6.38. The molecular weight excluding hydrogens is 358 g/mol. The first-order chi connectivity index (χ1) is 13.5. The smallest absolute Gasteiger partial charge is 0.343 e. The summed E-state index contributed by atoms with van der Waals surface area (Å²) in [4.78, 5) is 12.2. The van der Waals surface area contributed by atoms with E-state index in [9.17, 15) is 13.6 Å². The largest absolute Gasteiger partial charge is 0.420 e. The van der Waals surface area contributed by atoms with Crippen LogP contribution in [0.1, 0.15) is 27.9 Å². The van der Waals surface area contributed by atoms with Crippen LogP contribution in [-0.4, -0.2) is 5.97 Å². The van der Waals surface area contributed by atoms with Gasteiger partial charge in [0, 0.05) is 6.42 Å². The summed E-state index contributed by atoms with van der Waals surface area (Å²) in [5.41, 5.74) is 3.47. The Morgan fingerprint density at radius 3 is 2.14 bits per heavy atom. The molecule has 0 amide bonds. The third-order valence-corrected chi connectivity index (χ3v) is 4.41. The van der Waals surface area contributed by atoms with Crippen molar-refractivity contribution >= 4 is 5.97 Å². The van der Waals surface area contributed by atoms with Gasteiger partial charge in [0.1, 0.15) is 0 Å². The predicted molar refractivity (Wildman–Crippen MR) is 105 cm³/mol. The molecule has 0 bridgehead atoms. The van der Waals surface area contributed by atoms with Gasteiger partial charge in [-0.15, -0.1) is 12.3 Å². The highest BCUT2D eigenvalue weighted by Gasteiger charge is 2.16. The van der Waals surface area contributed by atoms with Gasteiger partial charge < -0.3 is 4.74 Å². The molecule has 0 aliphatic carbocycles. The molecule has 0 fully saturated rings. The number of esters is 1. The molecule has 140 valence electrons. The van der Waals surface area contributed by atoms with Gasteiger partial charge in [0.15, 0.2) is 11.6 Å². The SMILES string of the molecule is C#CCCc1ccc(-c2ccc(C(=O)Oc3ccc(C)c(F)c3F)cc2)cc1. The molecule has 0 aromatic heterocycles. The molecule has 0 atom stereocenters. The Kier molecular flexibility index (Phi) is 5.86. The first kappa shape index (κ1) is 19.3. The third-order valence-electron chi connectivity index (χ3n) is 4.41. The van der Waals surface area contributed by atoms with Crippen LogP contribution >= 0.6 is 0 Å². The topological polar surface area (TPSA) is 26.3 Å². The van der Waals surface area contributed by atoms with Crippen LogP contribution in [0.5, 0.6) is 5.75 Å². The standard InChI is InChI=1S/C24H18F2O2/c1-3-4-5-17-7-9-18(10-8-17)19-11-13-20(14-12-19)24(27)28-21-15-6-16(2)22(25)23(21)26/h1,6-15H,4-5H2,2H3. The molecule has 0 aliphatic heterocycles. The summed E-state index contributed by atoms with van der Waals surface area (Å²) in [6, 6.07) is 17.3. The molecule has 0 heterocycles. The van der Waals surface area contributed by atoms with Crippen molar-refractivity contribution in [2.24, 2.45) is 0 Å². The molecule has 0 saturated heterocycles. The Morgan fingerprint density at radius 1 is 0.929 bits per heavy atom. The normalized spacial score (nSPS) is 10.4. The van der Waals surface area contributed by atoms with Crippen LogP contribution in [0, 0.1) is 30.9 Å². The molecule has 0 spiro atoms. The van der Waals surface area contributed by atoms with Crippen LogP contribution in [0.25, 0.3) is 11.1 Å². The Bertz CT molecular complexity index is 1030. The summed E-state index contributed by atoms with van der Waals surface area (Å²) in [7, 11) is 0. The zero-order valence-electron chi connectivity index (χ0n) is 15.3. The van der Waals surface area contributed by atoms with E-state index in [1.165, 1.54) is 19.1 Å². The van der Waals surface area contributed by atoms with E-state index in [0.29, 0.717) is 6.42 Å². The lowest BCUT2D eigenvalue weighted by molar-refractivity contribution is 0.0726. The minimum Gasteiger partial charge on any atom is -0.420 e. The number of carbonyl (C=O) groups is 1. The van der Waals surface area contributed by atoms with Gasteiger partial charge >= 0.3 is 5.97 Å². The summed E-state index contributed by atoms with van der Waals surface area (Å²) in [6.07, 6.45) is 6.81. The van der Waals surface area contributed by atoms with Crippen molar-refractivity contribution in [3.63, 3.8) is 0 Å². The molecule has 4 heteroatoms. The fourth-order valence-electron chi connectivity index (χ4n) is 2.75. The lowest BCUT2D eigenvalue weighted by atomic mass is 10.0. The van der Waals surface area contributed by atoms with Crippen LogP contribution in [0.4, 0.5) is 8.78 Å². The van der Waals surface area contributed by atoms with Gasteiger partial charge in [-0.25, -0.2) is 9.18 Å². The summed E-state index contributed by atoms with van der Waals surface area (Å²) in [6.45, 7) is 1.43. The molecule has 0 N–H and O–H groups in total. The summed E-state index contributed by atoms with van der Waals surface area (Å²) in [5.74, 6) is -0.758. The monoisotopic (exact) mass is 376 g/mol. The van der Waals surface area contributed by atoms with E-state index in [0.717, 1.165) is 23.1 Å². The Labute approximate surface area is 162 Å². The van der Waals surface area contributed by atoms with Crippen molar-refractivity contribution in [1.82, 2.24) is 0 Å². The van der Waals surface area contributed by atoms with Crippen LogP contribution in [0.2, 0.25) is 0 Å². The van der Waals surface area contributed by atoms with Gasteiger partial charge in [0.05, 0.1) is 5.56 Å². The lowest BCUT2D eigenvalue weighted by Crippen LogP contribution is -2.10. The second kappa shape index (κ2) is 8.49. The highest BCUT2D eigenvalue weighted by atomic mass is 19.2. The van der Waals surface area contributed by atoms with Gasteiger partial charge in [-0.1, -0.05) is 42.5 Å². The molecule has 0 radical (unpaired) electrons. The fraction of sp³-hybridized carbons (Fsp3) is 0.125. The van der Waals surface area contributed by atoms with E-state index in [2.05, 4.69) is 5.92 Å². The number of hydrogen-bond acceptors (Lipinski definition) is 2. The van der Waals surface area contributed by atoms with Crippen molar-refractivity contribution in [3.05, 3.63) is 89.0 Å². The van der Waals surface area contributed by atoms with Crippen LogP contribution in [-0.2, 0) is 6.42 Å². The number of aryl methyl sites for hydroxylation is 2. The zero-order chi connectivity index (χ0) is 20.1. The number of rotatable bonds is 5. The molecule has 0 saturated carbocycles. The van der Waals surface area contributed by atoms with E-state index in [-0.39, 0.29) is 11.1 Å². The predicted octanol–water partition coefficient (Wildman–Crippen LogP) is 5.73. The maximum atomic E-state index is 13.9. The number of ether oxygens (including phenoxy) is 1. The number of benzene rings is 3. The number of terminal acetylenes is 1. The van der Waals surface area contributed by atoms with E-state index in [1.807, 2.05) is 24.3 Å². The molecule has 0 unspecified atom stereocenters.